The van der Waals surface area contributed by atoms with Crippen molar-refractivity contribution in [1.29, 1.82) is 0 Å². The zero-order valence-corrected chi connectivity index (χ0v) is 18.8. The Hall–Kier alpha value is -3.31. The molecule has 33 heavy (non-hydrogen) atoms. The number of ether oxygens (including phenoxy) is 2. The van der Waals surface area contributed by atoms with Crippen molar-refractivity contribution in [2.45, 2.75) is 18.3 Å². The van der Waals surface area contributed by atoms with Gasteiger partial charge in [-0.3, -0.25) is 4.79 Å². The van der Waals surface area contributed by atoms with E-state index in [0.717, 1.165) is 55.1 Å². The van der Waals surface area contributed by atoms with E-state index in [0.29, 0.717) is 13.2 Å². The van der Waals surface area contributed by atoms with E-state index < -0.39 is 5.41 Å². The summed E-state index contributed by atoms with van der Waals surface area (Å²) in [6.45, 7) is 3.90. The van der Waals surface area contributed by atoms with Crippen LogP contribution in [-0.2, 0) is 16.6 Å². The molecule has 1 atom stereocenters. The SMILES string of the molecule is NC(=O)C(c1ccccc1)(c1ccccc1)[C@H]1CCN(CCc2ccc3c(c2)OCCO3)C1. The van der Waals surface area contributed by atoms with E-state index in [1.165, 1.54) is 5.56 Å². The third-order valence-corrected chi connectivity index (χ3v) is 7.05. The molecule has 5 rings (SSSR count). The number of benzene rings is 3. The second kappa shape index (κ2) is 9.28. The first-order valence-corrected chi connectivity index (χ1v) is 11.7. The lowest BCUT2D eigenvalue weighted by atomic mass is 9.64. The Kier molecular flexibility index (Phi) is 6.05. The highest BCUT2D eigenvalue weighted by molar-refractivity contribution is 5.91. The fourth-order valence-electron chi connectivity index (χ4n) is 5.45. The van der Waals surface area contributed by atoms with Crippen molar-refractivity contribution in [2.24, 2.45) is 11.7 Å². The van der Waals surface area contributed by atoms with Crippen molar-refractivity contribution in [2.75, 3.05) is 32.8 Å². The van der Waals surface area contributed by atoms with E-state index in [4.69, 9.17) is 15.2 Å². The molecule has 0 saturated carbocycles. The molecule has 0 unspecified atom stereocenters. The molecule has 1 fully saturated rings. The Morgan fingerprint density at radius 2 is 1.55 bits per heavy atom. The summed E-state index contributed by atoms with van der Waals surface area (Å²) in [6.07, 6.45) is 1.84. The quantitative estimate of drug-likeness (QED) is 0.605. The number of hydrogen-bond acceptors (Lipinski definition) is 4. The van der Waals surface area contributed by atoms with Gasteiger partial charge in [0.25, 0.3) is 0 Å². The first kappa shape index (κ1) is 21.5. The monoisotopic (exact) mass is 442 g/mol. The molecule has 0 spiro atoms. The minimum Gasteiger partial charge on any atom is -0.486 e. The lowest BCUT2D eigenvalue weighted by Gasteiger charge is -2.37. The van der Waals surface area contributed by atoms with Gasteiger partial charge in [-0.1, -0.05) is 66.7 Å². The molecule has 0 bridgehead atoms. The Balaban J connectivity index is 1.37. The zero-order valence-electron chi connectivity index (χ0n) is 18.8. The van der Waals surface area contributed by atoms with Crippen LogP contribution in [0, 0.1) is 5.92 Å². The lowest BCUT2D eigenvalue weighted by molar-refractivity contribution is -0.123. The van der Waals surface area contributed by atoms with Crippen molar-refractivity contribution in [3.8, 4) is 11.5 Å². The molecule has 1 amide bonds. The van der Waals surface area contributed by atoms with Crippen LogP contribution >= 0.6 is 0 Å². The largest absolute Gasteiger partial charge is 0.486 e. The summed E-state index contributed by atoms with van der Waals surface area (Å²) >= 11 is 0. The van der Waals surface area contributed by atoms with Crippen molar-refractivity contribution in [3.05, 3.63) is 95.6 Å². The van der Waals surface area contributed by atoms with Gasteiger partial charge in [0.15, 0.2) is 11.5 Å². The third-order valence-electron chi connectivity index (χ3n) is 7.05. The molecule has 2 aliphatic rings. The normalized spacial score (nSPS) is 18.2. The van der Waals surface area contributed by atoms with E-state index in [9.17, 15) is 4.79 Å². The van der Waals surface area contributed by atoms with Gasteiger partial charge in [-0.25, -0.2) is 0 Å². The predicted octanol–water partition coefficient (Wildman–Crippen LogP) is 3.79. The number of nitrogens with zero attached hydrogens (tertiary/aromatic N) is 1. The van der Waals surface area contributed by atoms with Gasteiger partial charge in [-0.2, -0.15) is 0 Å². The average Bonchev–Trinajstić information content (AvgIpc) is 3.33. The fraction of sp³-hybridized carbons (Fsp3) is 0.321. The van der Waals surface area contributed by atoms with Crippen LogP contribution in [0.1, 0.15) is 23.1 Å². The summed E-state index contributed by atoms with van der Waals surface area (Å²) in [4.78, 5) is 15.7. The van der Waals surface area contributed by atoms with Gasteiger partial charge >= 0.3 is 0 Å². The molecule has 0 radical (unpaired) electrons. The van der Waals surface area contributed by atoms with Crippen molar-refractivity contribution >= 4 is 5.91 Å². The summed E-state index contributed by atoms with van der Waals surface area (Å²) in [5.74, 6) is 1.49. The van der Waals surface area contributed by atoms with Crippen LogP contribution in [0.4, 0.5) is 0 Å². The summed E-state index contributed by atoms with van der Waals surface area (Å²) in [5, 5.41) is 0. The van der Waals surface area contributed by atoms with E-state index >= 15 is 0 Å². The Morgan fingerprint density at radius 1 is 0.909 bits per heavy atom. The molecule has 2 N–H and O–H groups in total. The van der Waals surface area contributed by atoms with Crippen LogP contribution in [0.25, 0.3) is 0 Å². The molecule has 3 aromatic carbocycles. The molecule has 0 aliphatic carbocycles. The first-order chi connectivity index (χ1) is 16.2. The van der Waals surface area contributed by atoms with Crippen LogP contribution in [0.5, 0.6) is 11.5 Å². The Labute approximate surface area is 195 Å². The van der Waals surface area contributed by atoms with Gasteiger partial charge in [-0.05, 0) is 54.1 Å². The summed E-state index contributed by atoms with van der Waals surface area (Å²) in [7, 11) is 0. The van der Waals surface area contributed by atoms with Gasteiger partial charge in [0.1, 0.15) is 18.6 Å². The molecular weight excluding hydrogens is 412 g/mol. The number of rotatable bonds is 7. The Bertz CT molecular complexity index is 1060. The van der Waals surface area contributed by atoms with Gasteiger partial charge in [0.2, 0.25) is 5.91 Å². The lowest BCUT2D eigenvalue weighted by Crippen LogP contribution is -2.49. The fourth-order valence-corrected chi connectivity index (χ4v) is 5.45. The topological polar surface area (TPSA) is 64.8 Å². The molecule has 1 saturated heterocycles. The number of carbonyl (C=O) groups is 1. The second-order valence-electron chi connectivity index (χ2n) is 8.92. The van der Waals surface area contributed by atoms with Crippen LogP contribution in [0.2, 0.25) is 0 Å². The molecule has 3 aromatic rings. The molecule has 0 aromatic heterocycles. The molecule has 5 heteroatoms. The van der Waals surface area contributed by atoms with E-state index in [2.05, 4.69) is 17.0 Å². The van der Waals surface area contributed by atoms with Crippen molar-refractivity contribution in [3.63, 3.8) is 0 Å². The van der Waals surface area contributed by atoms with Gasteiger partial charge in [0.05, 0.1) is 0 Å². The summed E-state index contributed by atoms with van der Waals surface area (Å²) in [6, 6.07) is 26.3. The first-order valence-electron chi connectivity index (χ1n) is 11.7. The molecule has 5 nitrogen and oxygen atoms in total. The highest BCUT2D eigenvalue weighted by atomic mass is 16.6. The highest BCUT2D eigenvalue weighted by Gasteiger charge is 2.49. The molecule has 170 valence electrons. The predicted molar refractivity (Wildman–Crippen MR) is 129 cm³/mol. The van der Waals surface area contributed by atoms with Crippen LogP contribution in [0.15, 0.2) is 78.9 Å². The van der Waals surface area contributed by atoms with Gasteiger partial charge in [-0.15, -0.1) is 0 Å². The average molecular weight is 443 g/mol. The van der Waals surface area contributed by atoms with Gasteiger partial charge < -0.3 is 20.1 Å². The smallest absolute Gasteiger partial charge is 0.232 e. The number of amides is 1. The van der Waals surface area contributed by atoms with E-state index in [1.807, 2.05) is 66.7 Å². The van der Waals surface area contributed by atoms with Gasteiger partial charge in [0, 0.05) is 13.1 Å². The summed E-state index contributed by atoms with van der Waals surface area (Å²) < 4.78 is 11.4. The van der Waals surface area contributed by atoms with E-state index in [1.54, 1.807) is 0 Å². The number of hydrogen-bond donors (Lipinski definition) is 1. The maximum absolute atomic E-state index is 13.2. The standard InChI is InChI=1S/C28H30N2O3/c29-27(31)28(22-7-3-1-4-8-22,23-9-5-2-6-10-23)24-14-16-30(20-24)15-13-21-11-12-25-26(19-21)33-18-17-32-25/h1-12,19,24H,13-18,20H2,(H2,29,31)/t24-/m0/s1. The van der Waals surface area contributed by atoms with Crippen LogP contribution < -0.4 is 15.2 Å². The van der Waals surface area contributed by atoms with E-state index in [-0.39, 0.29) is 11.8 Å². The third kappa shape index (κ3) is 4.09. The zero-order chi connectivity index (χ0) is 22.7. The second-order valence-corrected chi connectivity index (χ2v) is 8.92. The minimum atomic E-state index is -0.839. The number of primary amides is 1. The number of carbonyl (C=O) groups excluding carboxylic acids is 1. The maximum Gasteiger partial charge on any atom is 0.232 e. The molecule has 2 aliphatic heterocycles. The number of nitrogens with two attached hydrogens (primary N) is 1. The van der Waals surface area contributed by atoms with Crippen molar-refractivity contribution < 1.29 is 14.3 Å². The van der Waals surface area contributed by atoms with Crippen molar-refractivity contribution in [1.82, 2.24) is 4.90 Å². The minimum absolute atomic E-state index is 0.111. The highest BCUT2D eigenvalue weighted by Crippen LogP contribution is 2.43. The molecular formula is C28H30N2O3. The molecule has 2 heterocycles. The maximum atomic E-state index is 13.2. The van der Waals surface area contributed by atoms with Crippen LogP contribution in [-0.4, -0.2) is 43.7 Å². The number of fused-ring (bicyclic) bond motifs is 1. The summed E-state index contributed by atoms with van der Waals surface area (Å²) in [5.41, 5.74) is 8.55. The Morgan fingerprint density at radius 3 is 2.18 bits per heavy atom. The number of likely N-dealkylation sites (tertiary alicyclic amines) is 1. The van der Waals surface area contributed by atoms with Crippen LogP contribution in [0.3, 0.4) is 0 Å².